The van der Waals surface area contributed by atoms with Crippen molar-refractivity contribution >= 4 is 0 Å². The minimum atomic E-state index is 0.670. The molecule has 1 aromatic carbocycles. The maximum absolute atomic E-state index is 5.26. The zero-order valence-corrected chi connectivity index (χ0v) is 11.5. The Morgan fingerprint density at radius 1 is 1.44 bits per heavy atom. The molecule has 1 N–H and O–H groups in total. The van der Waals surface area contributed by atoms with Crippen LogP contribution in [0.25, 0.3) is 0 Å². The molecule has 0 radical (unpaired) electrons. The minimum Gasteiger partial charge on any atom is -0.497 e. The number of ether oxygens (including phenoxy) is 1. The van der Waals surface area contributed by atoms with Gasteiger partial charge in [-0.1, -0.05) is 12.1 Å². The van der Waals surface area contributed by atoms with Gasteiger partial charge in [-0.3, -0.25) is 0 Å². The monoisotopic (exact) mass is 248 g/mol. The predicted molar refractivity (Wildman–Crippen MR) is 75.2 cm³/mol. The number of likely N-dealkylation sites (N-methyl/N-ethyl adjacent to an activating group) is 1. The van der Waals surface area contributed by atoms with Gasteiger partial charge in [0.25, 0.3) is 0 Å². The SMILES string of the molecule is CNC1CCCN(CCc2cccc(OC)c2)C1. The zero-order chi connectivity index (χ0) is 12.8. The van der Waals surface area contributed by atoms with E-state index in [1.807, 2.05) is 6.07 Å². The van der Waals surface area contributed by atoms with Gasteiger partial charge in [-0.15, -0.1) is 0 Å². The number of nitrogens with zero attached hydrogens (tertiary/aromatic N) is 1. The van der Waals surface area contributed by atoms with Gasteiger partial charge in [-0.2, -0.15) is 0 Å². The molecule has 0 bridgehead atoms. The summed E-state index contributed by atoms with van der Waals surface area (Å²) in [6, 6.07) is 9.06. The lowest BCUT2D eigenvalue weighted by atomic mass is 10.0. The Morgan fingerprint density at radius 2 is 2.33 bits per heavy atom. The molecule has 1 saturated heterocycles. The minimum absolute atomic E-state index is 0.670. The first-order chi connectivity index (χ1) is 8.81. The van der Waals surface area contributed by atoms with Gasteiger partial charge in [-0.25, -0.2) is 0 Å². The van der Waals surface area contributed by atoms with Crippen LogP contribution in [0, 0.1) is 0 Å². The summed E-state index contributed by atoms with van der Waals surface area (Å²) in [5, 5.41) is 3.39. The van der Waals surface area contributed by atoms with Gasteiger partial charge in [0.1, 0.15) is 5.75 Å². The van der Waals surface area contributed by atoms with Gasteiger partial charge in [-0.05, 0) is 50.6 Å². The molecule has 3 nitrogen and oxygen atoms in total. The molecular weight excluding hydrogens is 224 g/mol. The molecule has 0 spiro atoms. The Kier molecular flexibility index (Phi) is 5.02. The molecule has 0 aliphatic carbocycles. The molecule has 1 heterocycles. The van der Waals surface area contributed by atoms with E-state index in [1.165, 1.54) is 31.5 Å². The van der Waals surface area contributed by atoms with E-state index in [-0.39, 0.29) is 0 Å². The molecule has 3 heteroatoms. The van der Waals surface area contributed by atoms with E-state index in [9.17, 15) is 0 Å². The first-order valence-electron chi connectivity index (χ1n) is 6.84. The highest BCUT2D eigenvalue weighted by Gasteiger charge is 2.17. The van der Waals surface area contributed by atoms with Crippen molar-refractivity contribution < 1.29 is 4.74 Å². The highest BCUT2D eigenvalue weighted by Crippen LogP contribution is 2.15. The number of nitrogens with one attached hydrogen (secondary N) is 1. The fourth-order valence-corrected chi connectivity index (χ4v) is 2.61. The van der Waals surface area contributed by atoms with Gasteiger partial charge >= 0.3 is 0 Å². The van der Waals surface area contributed by atoms with E-state index in [2.05, 4.69) is 35.5 Å². The second-order valence-corrected chi connectivity index (χ2v) is 5.03. The van der Waals surface area contributed by atoms with E-state index in [0.29, 0.717) is 6.04 Å². The van der Waals surface area contributed by atoms with Gasteiger partial charge in [0, 0.05) is 19.1 Å². The Bertz CT molecular complexity index is 367. The molecule has 1 aromatic rings. The van der Waals surface area contributed by atoms with Crippen LogP contribution < -0.4 is 10.1 Å². The van der Waals surface area contributed by atoms with Crippen LogP contribution >= 0.6 is 0 Å². The first kappa shape index (κ1) is 13.4. The molecule has 2 rings (SSSR count). The van der Waals surface area contributed by atoms with E-state index >= 15 is 0 Å². The van der Waals surface area contributed by atoms with Crippen molar-refractivity contribution in [3.05, 3.63) is 29.8 Å². The maximum atomic E-state index is 5.26. The molecule has 1 aliphatic heterocycles. The Morgan fingerprint density at radius 3 is 3.11 bits per heavy atom. The lowest BCUT2D eigenvalue weighted by Gasteiger charge is -2.32. The van der Waals surface area contributed by atoms with Crippen LogP contribution in [0.3, 0.4) is 0 Å². The predicted octanol–water partition coefficient (Wildman–Crippen LogP) is 1.92. The molecule has 1 fully saturated rings. The lowest BCUT2D eigenvalue weighted by molar-refractivity contribution is 0.197. The molecule has 100 valence electrons. The number of benzene rings is 1. The largest absolute Gasteiger partial charge is 0.497 e. The fourth-order valence-electron chi connectivity index (χ4n) is 2.61. The summed E-state index contributed by atoms with van der Waals surface area (Å²) in [5.41, 5.74) is 1.36. The standard InChI is InChI=1S/C15H24N2O/c1-16-14-6-4-9-17(12-14)10-8-13-5-3-7-15(11-13)18-2/h3,5,7,11,14,16H,4,6,8-10,12H2,1-2H3. The summed E-state index contributed by atoms with van der Waals surface area (Å²) in [4.78, 5) is 2.56. The third-order valence-corrected chi connectivity index (χ3v) is 3.76. The Balaban J connectivity index is 1.83. The van der Waals surface area contributed by atoms with E-state index in [1.54, 1.807) is 7.11 Å². The van der Waals surface area contributed by atoms with Crippen molar-refractivity contribution in [2.45, 2.75) is 25.3 Å². The van der Waals surface area contributed by atoms with Crippen LogP contribution in [-0.4, -0.2) is 44.7 Å². The number of methoxy groups -OCH3 is 1. The normalized spacial score (nSPS) is 20.9. The summed E-state index contributed by atoms with van der Waals surface area (Å²) in [5.74, 6) is 0.958. The number of piperidine rings is 1. The van der Waals surface area contributed by atoms with E-state index < -0.39 is 0 Å². The van der Waals surface area contributed by atoms with Crippen LogP contribution in [0.15, 0.2) is 24.3 Å². The van der Waals surface area contributed by atoms with Crippen molar-refractivity contribution in [3.8, 4) is 5.75 Å². The summed E-state index contributed by atoms with van der Waals surface area (Å²) in [6.45, 7) is 3.56. The summed E-state index contributed by atoms with van der Waals surface area (Å²) < 4.78 is 5.26. The fraction of sp³-hybridized carbons (Fsp3) is 0.600. The van der Waals surface area contributed by atoms with Crippen LogP contribution in [0.2, 0.25) is 0 Å². The Labute approximate surface area is 110 Å². The second-order valence-electron chi connectivity index (χ2n) is 5.03. The van der Waals surface area contributed by atoms with Crippen LogP contribution in [0.5, 0.6) is 5.75 Å². The van der Waals surface area contributed by atoms with E-state index in [0.717, 1.165) is 18.7 Å². The highest BCUT2D eigenvalue weighted by atomic mass is 16.5. The molecule has 0 aromatic heterocycles. The molecule has 0 amide bonds. The molecule has 0 saturated carbocycles. The van der Waals surface area contributed by atoms with Crippen LogP contribution in [0.4, 0.5) is 0 Å². The van der Waals surface area contributed by atoms with Crippen molar-refractivity contribution in [1.29, 1.82) is 0 Å². The zero-order valence-electron chi connectivity index (χ0n) is 11.5. The van der Waals surface area contributed by atoms with Crippen molar-refractivity contribution in [2.24, 2.45) is 0 Å². The smallest absolute Gasteiger partial charge is 0.119 e. The molecular formula is C15H24N2O. The van der Waals surface area contributed by atoms with Gasteiger partial charge in [0.15, 0.2) is 0 Å². The lowest BCUT2D eigenvalue weighted by Crippen LogP contribution is -2.44. The molecule has 1 atom stereocenters. The number of likely N-dealkylation sites (tertiary alicyclic amines) is 1. The van der Waals surface area contributed by atoms with Crippen LogP contribution in [0.1, 0.15) is 18.4 Å². The average molecular weight is 248 g/mol. The summed E-state index contributed by atoms with van der Waals surface area (Å²) >= 11 is 0. The number of hydrogen-bond acceptors (Lipinski definition) is 3. The van der Waals surface area contributed by atoms with Crippen LogP contribution in [-0.2, 0) is 6.42 Å². The van der Waals surface area contributed by atoms with Gasteiger partial charge in [0.05, 0.1) is 7.11 Å². The molecule has 1 aliphatic rings. The summed E-state index contributed by atoms with van der Waals surface area (Å²) in [7, 11) is 3.79. The first-order valence-corrected chi connectivity index (χ1v) is 6.84. The second kappa shape index (κ2) is 6.76. The molecule has 1 unspecified atom stereocenters. The molecule has 18 heavy (non-hydrogen) atoms. The highest BCUT2D eigenvalue weighted by molar-refractivity contribution is 5.28. The topological polar surface area (TPSA) is 24.5 Å². The van der Waals surface area contributed by atoms with Crippen molar-refractivity contribution in [2.75, 3.05) is 33.8 Å². The quantitative estimate of drug-likeness (QED) is 0.861. The number of rotatable bonds is 5. The average Bonchev–Trinajstić information content (AvgIpc) is 2.45. The maximum Gasteiger partial charge on any atom is 0.119 e. The summed E-state index contributed by atoms with van der Waals surface area (Å²) in [6.07, 6.45) is 3.73. The number of hydrogen-bond donors (Lipinski definition) is 1. The van der Waals surface area contributed by atoms with Gasteiger partial charge in [0.2, 0.25) is 0 Å². The third-order valence-electron chi connectivity index (χ3n) is 3.76. The van der Waals surface area contributed by atoms with Crippen molar-refractivity contribution in [3.63, 3.8) is 0 Å². The van der Waals surface area contributed by atoms with Gasteiger partial charge < -0.3 is 15.0 Å². The third kappa shape index (κ3) is 3.72. The Hall–Kier alpha value is -1.06. The van der Waals surface area contributed by atoms with E-state index in [4.69, 9.17) is 4.74 Å². The van der Waals surface area contributed by atoms with Crippen molar-refractivity contribution in [1.82, 2.24) is 10.2 Å².